The first-order valence-electron chi connectivity index (χ1n) is 8.66. The molecule has 0 N–H and O–H groups in total. The van der Waals surface area contributed by atoms with Crippen LogP contribution in [-0.4, -0.2) is 22.2 Å². The van der Waals surface area contributed by atoms with Crippen molar-refractivity contribution in [3.8, 4) is 22.7 Å². The Balaban J connectivity index is 1.74. The number of Topliss-reactive ketones (excluding diaryl/α,β-unsaturated/α-hetero) is 1. The molecule has 136 valence electrons. The van der Waals surface area contributed by atoms with Crippen molar-refractivity contribution in [1.29, 1.82) is 0 Å². The van der Waals surface area contributed by atoms with Gasteiger partial charge in [-0.05, 0) is 67.3 Å². The first kappa shape index (κ1) is 17.1. The number of aromatic nitrogens is 2. The number of hydrogen-bond donors (Lipinski definition) is 0. The van der Waals surface area contributed by atoms with E-state index in [2.05, 4.69) is 5.10 Å². The molecule has 27 heavy (non-hydrogen) atoms. The largest absolute Gasteiger partial charge is 0.486 e. The Hall–Kier alpha value is -3.28. The van der Waals surface area contributed by atoms with Crippen molar-refractivity contribution in [2.45, 2.75) is 19.8 Å². The number of carbonyl (C=O) groups is 1. The molecule has 0 saturated carbocycles. The number of benzene rings is 2. The monoisotopic (exact) mass is 364 g/mol. The lowest BCUT2D eigenvalue weighted by Crippen LogP contribution is -2.24. The SMILES string of the molecule is CC(=O)COc1ccc(-n2nc3c(cc2=O)CCc2ccc(F)cc2-3)cc1. The van der Waals surface area contributed by atoms with Crippen molar-refractivity contribution in [2.75, 3.05) is 6.61 Å². The fourth-order valence-electron chi connectivity index (χ4n) is 3.22. The van der Waals surface area contributed by atoms with E-state index in [1.54, 1.807) is 36.4 Å². The van der Waals surface area contributed by atoms with Crippen molar-refractivity contribution >= 4 is 5.78 Å². The van der Waals surface area contributed by atoms with Gasteiger partial charge in [0.15, 0.2) is 5.78 Å². The predicted octanol–water partition coefficient (Wildman–Crippen LogP) is 3.11. The highest BCUT2D eigenvalue weighted by Crippen LogP contribution is 2.31. The summed E-state index contributed by atoms with van der Waals surface area (Å²) in [7, 11) is 0. The molecule has 0 amide bonds. The molecule has 5 nitrogen and oxygen atoms in total. The van der Waals surface area contributed by atoms with Crippen LogP contribution < -0.4 is 10.3 Å². The first-order valence-corrected chi connectivity index (χ1v) is 8.66. The lowest BCUT2D eigenvalue weighted by Gasteiger charge is -2.19. The van der Waals surface area contributed by atoms with E-state index < -0.39 is 0 Å². The maximum Gasteiger partial charge on any atom is 0.271 e. The number of halogens is 1. The average Bonchev–Trinajstić information content (AvgIpc) is 2.66. The standard InChI is InChI=1S/C21H17FN2O3/c1-13(25)12-27-18-8-6-17(7-9-18)24-20(26)10-15-3-2-14-4-5-16(22)11-19(14)21(15)23-24/h4-11H,2-3,12H2,1H3. The summed E-state index contributed by atoms with van der Waals surface area (Å²) in [4.78, 5) is 23.5. The van der Waals surface area contributed by atoms with Crippen LogP contribution >= 0.6 is 0 Å². The lowest BCUT2D eigenvalue weighted by atomic mass is 9.89. The Morgan fingerprint density at radius 3 is 2.59 bits per heavy atom. The van der Waals surface area contributed by atoms with E-state index in [0.717, 1.165) is 23.1 Å². The smallest absolute Gasteiger partial charge is 0.271 e. The van der Waals surface area contributed by atoms with Gasteiger partial charge in [0.2, 0.25) is 0 Å². The molecule has 2 aromatic carbocycles. The molecule has 4 rings (SSSR count). The van der Waals surface area contributed by atoms with Gasteiger partial charge in [-0.3, -0.25) is 9.59 Å². The zero-order valence-corrected chi connectivity index (χ0v) is 14.7. The van der Waals surface area contributed by atoms with E-state index in [1.165, 1.54) is 23.7 Å². The molecule has 0 unspecified atom stereocenters. The molecule has 0 bridgehead atoms. The van der Waals surface area contributed by atoms with Crippen molar-refractivity contribution in [3.63, 3.8) is 0 Å². The predicted molar refractivity (Wildman–Crippen MR) is 98.8 cm³/mol. The summed E-state index contributed by atoms with van der Waals surface area (Å²) in [6.45, 7) is 1.45. The van der Waals surface area contributed by atoms with Gasteiger partial charge >= 0.3 is 0 Å². The second-order valence-corrected chi connectivity index (χ2v) is 6.55. The van der Waals surface area contributed by atoms with Crippen molar-refractivity contribution in [1.82, 2.24) is 9.78 Å². The second-order valence-electron chi connectivity index (χ2n) is 6.55. The van der Waals surface area contributed by atoms with E-state index in [1.807, 2.05) is 0 Å². The third kappa shape index (κ3) is 3.38. The topological polar surface area (TPSA) is 61.2 Å². The minimum absolute atomic E-state index is 0.00125. The van der Waals surface area contributed by atoms with Crippen molar-refractivity contribution in [3.05, 3.63) is 75.8 Å². The summed E-state index contributed by atoms with van der Waals surface area (Å²) in [5.74, 6) is 0.137. The zero-order chi connectivity index (χ0) is 19.0. The Morgan fingerprint density at radius 2 is 1.85 bits per heavy atom. The van der Waals surface area contributed by atoms with E-state index in [0.29, 0.717) is 23.6 Å². The summed E-state index contributed by atoms with van der Waals surface area (Å²) >= 11 is 0. The fraction of sp³-hybridized carbons (Fsp3) is 0.190. The van der Waals surface area contributed by atoms with Crippen LogP contribution in [0.1, 0.15) is 18.1 Å². The number of aryl methyl sites for hydroxylation is 2. The average molecular weight is 364 g/mol. The Labute approximate surface area is 155 Å². The molecule has 1 aliphatic rings. The van der Waals surface area contributed by atoms with Gasteiger partial charge in [-0.25, -0.2) is 4.39 Å². The minimum Gasteiger partial charge on any atom is -0.486 e. The lowest BCUT2D eigenvalue weighted by molar-refractivity contribution is -0.118. The molecule has 6 heteroatoms. The van der Waals surface area contributed by atoms with E-state index >= 15 is 0 Å². The highest BCUT2D eigenvalue weighted by molar-refractivity contribution is 5.77. The molecule has 1 heterocycles. The summed E-state index contributed by atoms with van der Waals surface area (Å²) in [5, 5.41) is 4.51. The van der Waals surface area contributed by atoms with Crippen LogP contribution in [0.5, 0.6) is 5.75 Å². The zero-order valence-electron chi connectivity index (χ0n) is 14.7. The van der Waals surface area contributed by atoms with Gasteiger partial charge in [0.25, 0.3) is 5.56 Å². The molecule has 0 radical (unpaired) electrons. The van der Waals surface area contributed by atoms with Crippen LogP contribution in [0.25, 0.3) is 16.9 Å². The first-order chi connectivity index (χ1) is 13.0. The Kier molecular flexibility index (Phi) is 4.32. The molecule has 1 aromatic heterocycles. The number of nitrogens with zero attached hydrogens (tertiary/aromatic N) is 2. The normalized spacial score (nSPS) is 12.2. The van der Waals surface area contributed by atoms with Gasteiger partial charge in [0.1, 0.15) is 18.2 Å². The second kappa shape index (κ2) is 6.79. The number of hydrogen-bond acceptors (Lipinski definition) is 4. The molecule has 1 aliphatic carbocycles. The van der Waals surface area contributed by atoms with Gasteiger partial charge in [-0.1, -0.05) is 6.07 Å². The van der Waals surface area contributed by atoms with Gasteiger partial charge in [0, 0.05) is 11.6 Å². The van der Waals surface area contributed by atoms with Crippen LogP contribution in [0.4, 0.5) is 4.39 Å². The highest BCUT2D eigenvalue weighted by Gasteiger charge is 2.20. The maximum atomic E-state index is 13.7. The van der Waals surface area contributed by atoms with Crippen molar-refractivity contribution in [2.24, 2.45) is 0 Å². The quantitative estimate of drug-likeness (QED) is 0.714. The van der Waals surface area contributed by atoms with Crippen LogP contribution in [0.3, 0.4) is 0 Å². The van der Waals surface area contributed by atoms with E-state index in [-0.39, 0.29) is 23.8 Å². The molecule has 0 saturated heterocycles. The number of rotatable bonds is 4. The van der Waals surface area contributed by atoms with Gasteiger partial charge in [-0.2, -0.15) is 9.78 Å². The van der Waals surface area contributed by atoms with Crippen LogP contribution in [-0.2, 0) is 17.6 Å². The molecule has 0 aliphatic heterocycles. The third-order valence-electron chi connectivity index (χ3n) is 4.52. The summed E-state index contributed by atoms with van der Waals surface area (Å²) in [6.07, 6.45) is 1.46. The van der Waals surface area contributed by atoms with Crippen LogP contribution in [0.15, 0.2) is 53.3 Å². The molecular weight excluding hydrogens is 347 g/mol. The van der Waals surface area contributed by atoms with E-state index in [4.69, 9.17) is 4.74 Å². The van der Waals surface area contributed by atoms with Crippen LogP contribution in [0.2, 0.25) is 0 Å². The van der Waals surface area contributed by atoms with Gasteiger partial charge in [0.05, 0.1) is 11.4 Å². The van der Waals surface area contributed by atoms with E-state index in [9.17, 15) is 14.0 Å². The summed E-state index contributed by atoms with van der Waals surface area (Å²) in [6, 6.07) is 13.0. The number of carbonyl (C=O) groups excluding carboxylic acids is 1. The number of ketones is 1. The highest BCUT2D eigenvalue weighted by atomic mass is 19.1. The minimum atomic E-state index is -0.326. The third-order valence-corrected chi connectivity index (χ3v) is 4.52. The maximum absolute atomic E-state index is 13.7. The Morgan fingerprint density at radius 1 is 1.11 bits per heavy atom. The van der Waals surface area contributed by atoms with Gasteiger partial charge in [-0.15, -0.1) is 0 Å². The molecule has 3 aromatic rings. The molecule has 0 atom stereocenters. The van der Waals surface area contributed by atoms with Crippen LogP contribution in [0, 0.1) is 5.82 Å². The fourth-order valence-corrected chi connectivity index (χ4v) is 3.22. The van der Waals surface area contributed by atoms with Gasteiger partial charge < -0.3 is 4.74 Å². The Bertz CT molecular complexity index is 1090. The number of fused-ring (bicyclic) bond motifs is 3. The molecule has 0 fully saturated rings. The molecule has 0 spiro atoms. The number of ether oxygens (including phenoxy) is 1. The molecular formula is C21H17FN2O3. The van der Waals surface area contributed by atoms with Crippen molar-refractivity contribution < 1.29 is 13.9 Å². The summed E-state index contributed by atoms with van der Waals surface area (Å²) in [5.41, 5.74) is 3.54. The summed E-state index contributed by atoms with van der Waals surface area (Å²) < 4.78 is 20.4.